The zero-order valence-corrected chi connectivity index (χ0v) is 14.9. The first-order valence-electron chi connectivity index (χ1n) is 8.57. The van der Waals surface area contributed by atoms with E-state index in [1.54, 1.807) is 17.3 Å². The highest BCUT2D eigenvalue weighted by molar-refractivity contribution is 5.69. The zero-order chi connectivity index (χ0) is 17.9. The van der Waals surface area contributed by atoms with Crippen molar-refractivity contribution >= 4 is 6.09 Å². The van der Waals surface area contributed by atoms with Crippen molar-refractivity contribution in [3.8, 4) is 0 Å². The van der Waals surface area contributed by atoms with Crippen LogP contribution < -0.4 is 0 Å². The van der Waals surface area contributed by atoms with Crippen LogP contribution in [0.2, 0.25) is 0 Å². The topological polar surface area (TPSA) is 67.4 Å². The summed E-state index contributed by atoms with van der Waals surface area (Å²) < 4.78 is 11.6. The van der Waals surface area contributed by atoms with Crippen LogP contribution in [0.3, 0.4) is 0 Å². The number of hydrogen-bond acceptors (Lipinski definition) is 4. The van der Waals surface area contributed by atoms with Gasteiger partial charge in [-0.15, -0.1) is 0 Å². The third-order valence-electron chi connectivity index (χ3n) is 4.05. The first-order chi connectivity index (χ1) is 11.9. The molecular formula is C19H25N3O3. The normalized spacial score (nSPS) is 20.7. The average Bonchev–Trinajstić information content (AvgIpc) is 3.21. The summed E-state index contributed by atoms with van der Waals surface area (Å²) in [5.41, 5.74) is 0.584. The van der Waals surface area contributed by atoms with Crippen LogP contribution in [0.4, 0.5) is 4.79 Å². The Balaban J connectivity index is 1.68. The van der Waals surface area contributed by atoms with E-state index in [1.165, 1.54) is 0 Å². The van der Waals surface area contributed by atoms with E-state index in [9.17, 15) is 4.79 Å². The van der Waals surface area contributed by atoms with Gasteiger partial charge in [-0.1, -0.05) is 30.3 Å². The summed E-state index contributed by atoms with van der Waals surface area (Å²) in [6, 6.07) is 9.87. The van der Waals surface area contributed by atoms with Crippen molar-refractivity contribution in [3.05, 3.63) is 54.1 Å². The smallest absolute Gasteiger partial charge is 0.411 e. The minimum Gasteiger partial charge on any atom is -0.444 e. The van der Waals surface area contributed by atoms with Crippen molar-refractivity contribution in [3.63, 3.8) is 0 Å². The number of amides is 1. The average molecular weight is 343 g/mol. The molecule has 0 saturated carbocycles. The molecule has 1 N–H and O–H groups in total. The summed E-state index contributed by atoms with van der Waals surface area (Å²) in [4.78, 5) is 21.7. The monoisotopic (exact) mass is 343 g/mol. The molecule has 1 aliphatic rings. The van der Waals surface area contributed by atoms with E-state index in [0.29, 0.717) is 19.6 Å². The van der Waals surface area contributed by atoms with Crippen molar-refractivity contribution < 1.29 is 14.3 Å². The van der Waals surface area contributed by atoms with E-state index in [4.69, 9.17) is 9.47 Å². The van der Waals surface area contributed by atoms with Gasteiger partial charge in [0.1, 0.15) is 11.4 Å². The maximum absolute atomic E-state index is 12.6. The van der Waals surface area contributed by atoms with Crippen LogP contribution in [0.1, 0.15) is 44.6 Å². The molecule has 6 nitrogen and oxygen atoms in total. The van der Waals surface area contributed by atoms with Gasteiger partial charge in [0, 0.05) is 18.8 Å². The molecule has 3 rings (SSSR count). The molecule has 134 valence electrons. The van der Waals surface area contributed by atoms with Gasteiger partial charge in [0.25, 0.3) is 0 Å². The lowest BCUT2D eigenvalue weighted by Crippen LogP contribution is -2.37. The van der Waals surface area contributed by atoms with E-state index < -0.39 is 5.60 Å². The number of carbonyl (C=O) groups is 1. The minimum atomic E-state index is -0.534. The standard InChI is InChI=1S/C19H25N3O3/c1-19(2,3)25-18(23)22-12-15(11-16(22)17-20-9-10-21-17)24-13-14-7-5-4-6-8-14/h4-10,15-16H,11-13H2,1-3H3,(H,20,21)/t15?,16-/m0/s1. The third kappa shape index (κ3) is 4.60. The number of aromatic amines is 1. The Morgan fingerprint density at radius 3 is 2.72 bits per heavy atom. The Hall–Kier alpha value is -2.34. The third-order valence-corrected chi connectivity index (χ3v) is 4.05. The SMILES string of the molecule is CC(C)(C)OC(=O)N1CC(OCc2ccccc2)C[C@H]1c1ncc[nH]1. The van der Waals surface area contributed by atoms with Crippen LogP contribution in [-0.4, -0.2) is 39.2 Å². The predicted octanol–water partition coefficient (Wildman–Crippen LogP) is 3.68. The fraction of sp³-hybridized carbons (Fsp3) is 0.474. The van der Waals surface area contributed by atoms with Gasteiger partial charge in [-0.3, -0.25) is 4.90 Å². The lowest BCUT2D eigenvalue weighted by atomic mass is 10.2. The highest BCUT2D eigenvalue weighted by atomic mass is 16.6. The van der Waals surface area contributed by atoms with Gasteiger partial charge >= 0.3 is 6.09 Å². The van der Waals surface area contributed by atoms with Crippen molar-refractivity contribution in [2.75, 3.05) is 6.54 Å². The number of ether oxygens (including phenoxy) is 2. The quantitative estimate of drug-likeness (QED) is 0.919. The van der Waals surface area contributed by atoms with Gasteiger partial charge in [-0.25, -0.2) is 9.78 Å². The van der Waals surface area contributed by atoms with Crippen LogP contribution in [-0.2, 0) is 16.1 Å². The van der Waals surface area contributed by atoms with Crippen molar-refractivity contribution in [1.82, 2.24) is 14.9 Å². The van der Waals surface area contributed by atoms with Gasteiger partial charge in [0.2, 0.25) is 0 Å². The van der Waals surface area contributed by atoms with Crippen molar-refractivity contribution in [2.45, 2.75) is 51.5 Å². The highest BCUT2D eigenvalue weighted by Crippen LogP contribution is 2.33. The molecule has 2 aromatic rings. The van der Waals surface area contributed by atoms with Crippen molar-refractivity contribution in [1.29, 1.82) is 0 Å². The van der Waals surface area contributed by atoms with Gasteiger partial charge in [0.05, 0.1) is 25.3 Å². The molecule has 1 aromatic heterocycles. The van der Waals surface area contributed by atoms with E-state index in [1.807, 2.05) is 51.1 Å². The molecule has 25 heavy (non-hydrogen) atoms. The lowest BCUT2D eigenvalue weighted by Gasteiger charge is -2.27. The number of imidazole rings is 1. The molecule has 1 aromatic carbocycles. The Bertz CT molecular complexity index is 680. The molecule has 0 spiro atoms. The fourth-order valence-corrected chi connectivity index (χ4v) is 2.95. The molecule has 6 heteroatoms. The maximum Gasteiger partial charge on any atom is 0.411 e. The van der Waals surface area contributed by atoms with Crippen LogP contribution in [0, 0.1) is 0 Å². The second-order valence-corrected chi connectivity index (χ2v) is 7.28. The Morgan fingerprint density at radius 1 is 1.32 bits per heavy atom. The number of hydrogen-bond donors (Lipinski definition) is 1. The minimum absolute atomic E-state index is 0.0529. The second kappa shape index (κ2) is 7.27. The summed E-state index contributed by atoms with van der Waals surface area (Å²) in [7, 11) is 0. The molecule has 2 heterocycles. The number of carbonyl (C=O) groups excluding carboxylic acids is 1. The zero-order valence-electron chi connectivity index (χ0n) is 14.9. The summed E-state index contributed by atoms with van der Waals surface area (Å²) in [6.45, 7) is 6.62. The largest absolute Gasteiger partial charge is 0.444 e. The van der Waals surface area contributed by atoms with Crippen LogP contribution in [0.15, 0.2) is 42.7 Å². The van der Waals surface area contributed by atoms with E-state index in [-0.39, 0.29) is 18.2 Å². The Labute approximate surface area is 148 Å². The van der Waals surface area contributed by atoms with Crippen LogP contribution in [0.5, 0.6) is 0 Å². The van der Waals surface area contributed by atoms with Gasteiger partial charge in [0.15, 0.2) is 0 Å². The number of nitrogens with one attached hydrogen (secondary N) is 1. The number of aromatic nitrogens is 2. The molecular weight excluding hydrogens is 318 g/mol. The fourth-order valence-electron chi connectivity index (χ4n) is 2.95. The first-order valence-corrected chi connectivity index (χ1v) is 8.57. The van der Waals surface area contributed by atoms with E-state index in [2.05, 4.69) is 9.97 Å². The first kappa shape index (κ1) is 17.5. The Kier molecular flexibility index (Phi) is 5.08. The number of H-pyrrole nitrogens is 1. The van der Waals surface area contributed by atoms with Gasteiger partial charge < -0.3 is 14.5 Å². The van der Waals surface area contributed by atoms with Gasteiger partial charge in [-0.2, -0.15) is 0 Å². The van der Waals surface area contributed by atoms with E-state index >= 15 is 0 Å². The van der Waals surface area contributed by atoms with E-state index in [0.717, 1.165) is 11.4 Å². The van der Waals surface area contributed by atoms with Crippen molar-refractivity contribution in [2.24, 2.45) is 0 Å². The molecule has 0 aliphatic carbocycles. The maximum atomic E-state index is 12.6. The highest BCUT2D eigenvalue weighted by Gasteiger charge is 2.40. The molecule has 1 amide bonds. The summed E-state index contributed by atoms with van der Waals surface area (Å²) in [6.07, 6.45) is 3.77. The number of rotatable bonds is 4. The molecule has 1 unspecified atom stereocenters. The number of likely N-dealkylation sites (tertiary alicyclic amines) is 1. The summed E-state index contributed by atoms with van der Waals surface area (Å²) >= 11 is 0. The second-order valence-electron chi connectivity index (χ2n) is 7.28. The van der Waals surface area contributed by atoms with Crippen LogP contribution in [0.25, 0.3) is 0 Å². The summed E-state index contributed by atoms with van der Waals surface area (Å²) in [5.74, 6) is 0.761. The van der Waals surface area contributed by atoms with Crippen LogP contribution >= 0.6 is 0 Å². The summed E-state index contributed by atoms with van der Waals surface area (Å²) in [5, 5.41) is 0. The predicted molar refractivity (Wildman–Crippen MR) is 93.9 cm³/mol. The molecule has 1 aliphatic heterocycles. The molecule has 0 radical (unpaired) electrons. The number of benzene rings is 1. The van der Waals surface area contributed by atoms with Gasteiger partial charge in [-0.05, 0) is 26.3 Å². The molecule has 1 fully saturated rings. The number of nitrogens with zero attached hydrogens (tertiary/aromatic N) is 2. The molecule has 0 bridgehead atoms. The Morgan fingerprint density at radius 2 is 2.08 bits per heavy atom. The molecule has 2 atom stereocenters. The lowest BCUT2D eigenvalue weighted by molar-refractivity contribution is 0.0145. The molecule has 1 saturated heterocycles.